The van der Waals surface area contributed by atoms with E-state index < -0.39 is 12.1 Å². The second kappa shape index (κ2) is 78.8. The average Bonchev–Trinajstić information content (AvgIpc) is 3.67. The first-order valence-electron chi connectivity index (χ1n) is 41.1. The van der Waals surface area contributed by atoms with Crippen LogP contribution in [-0.4, -0.2) is 47.4 Å². The van der Waals surface area contributed by atoms with Crippen molar-refractivity contribution in [3.05, 3.63) is 24.3 Å². The quantitative estimate of drug-likeness (QED) is 0.0320. The van der Waals surface area contributed by atoms with Crippen LogP contribution in [0.15, 0.2) is 24.3 Å². The van der Waals surface area contributed by atoms with E-state index in [1.807, 2.05) is 0 Å². The van der Waals surface area contributed by atoms with Crippen molar-refractivity contribution in [3.63, 3.8) is 0 Å². The molecule has 2 atom stereocenters. The van der Waals surface area contributed by atoms with Crippen LogP contribution in [0.1, 0.15) is 470 Å². The Kier molecular flexibility index (Phi) is 77.3. The number of hydrogen-bond donors (Lipinski definition) is 3. The number of nitrogens with one attached hydrogen (secondary N) is 1. The fraction of sp³-hybridized carbons (Fsp3) is 0.928. The third kappa shape index (κ3) is 75.3. The van der Waals surface area contributed by atoms with Crippen LogP contribution in [0.4, 0.5) is 0 Å². The monoisotopic (exact) mass is 1250 g/mol. The summed E-state index contributed by atoms with van der Waals surface area (Å²) in [5, 5.41) is 23.4. The summed E-state index contributed by atoms with van der Waals surface area (Å²) >= 11 is 0. The van der Waals surface area contributed by atoms with Crippen molar-refractivity contribution in [2.45, 2.75) is 482 Å². The number of carbonyl (C=O) groups excluding carboxylic acids is 2. The molecule has 1 amide bonds. The number of aliphatic hydroxyl groups excluding tert-OH is 2. The number of amides is 1. The molecule has 528 valence electrons. The zero-order valence-electron chi connectivity index (χ0n) is 60.7. The molecule has 0 aromatic heterocycles. The van der Waals surface area contributed by atoms with Gasteiger partial charge in [-0.1, -0.05) is 423 Å². The zero-order valence-corrected chi connectivity index (χ0v) is 60.7. The first kappa shape index (κ1) is 87.3. The number of ether oxygens (including phenoxy) is 1. The molecule has 0 aliphatic rings. The minimum atomic E-state index is -0.663. The van der Waals surface area contributed by atoms with Crippen molar-refractivity contribution in [1.29, 1.82) is 0 Å². The van der Waals surface area contributed by atoms with Gasteiger partial charge in [-0.3, -0.25) is 9.59 Å². The molecule has 0 saturated heterocycles. The number of aliphatic hydroxyl groups is 2. The number of unbranched alkanes of at least 4 members (excludes halogenated alkanes) is 63. The van der Waals surface area contributed by atoms with Gasteiger partial charge in [-0.05, 0) is 57.8 Å². The van der Waals surface area contributed by atoms with Gasteiger partial charge in [-0.25, -0.2) is 0 Å². The molecule has 0 saturated carbocycles. The summed E-state index contributed by atoms with van der Waals surface area (Å²) in [6.07, 6.45) is 101. The Balaban J connectivity index is 3.34. The molecule has 2 unspecified atom stereocenters. The highest BCUT2D eigenvalue weighted by molar-refractivity contribution is 5.76. The molecule has 0 radical (unpaired) electrons. The van der Waals surface area contributed by atoms with Gasteiger partial charge in [0.15, 0.2) is 0 Å². The normalized spacial score (nSPS) is 12.5. The number of carbonyl (C=O) groups is 2. The van der Waals surface area contributed by atoms with E-state index >= 15 is 0 Å². The predicted octanol–water partition coefficient (Wildman–Crippen LogP) is 27.2. The summed E-state index contributed by atoms with van der Waals surface area (Å²) in [4.78, 5) is 24.7. The summed E-state index contributed by atoms with van der Waals surface area (Å²) in [5.74, 6) is -0.00358. The number of hydrogen-bond acceptors (Lipinski definition) is 5. The lowest BCUT2D eigenvalue weighted by Crippen LogP contribution is -2.45. The van der Waals surface area contributed by atoms with Crippen LogP contribution in [0.2, 0.25) is 0 Å². The van der Waals surface area contributed by atoms with Crippen LogP contribution in [-0.2, 0) is 14.3 Å². The third-order valence-electron chi connectivity index (χ3n) is 19.5. The van der Waals surface area contributed by atoms with Crippen molar-refractivity contribution in [2.24, 2.45) is 0 Å². The van der Waals surface area contributed by atoms with Crippen LogP contribution >= 0.6 is 0 Å². The van der Waals surface area contributed by atoms with E-state index in [2.05, 4.69) is 43.5 Å². The lowest BCUT2D eigenvalue weighted by Gasteiger charge is -2.22. The summed E-state index contributed by atoms with van der Waals surface area (Å²) in [6, 6.07) is -0.539. The molecule has 0 rings (SSSR count). The minimum absolute atomic E-state index is 0.0243. The first-order valence-corrected chi connectivity index (χ1v) is 41.1. The zero-order chi connectivity index (χ0) is 64.2. The number of allylic oxidation sites excluding steroid dienone is 4. The molecule has 0 aromatic rings. The van der Waals surface area contributed by atoms with Crippen LogP contribution < -0.4 is 5.32 Å². The minimum Gasteiger partial charge on any atom is -0.466 e. The summed E-state index contributed by atoms with van der Waals surface area (Å²) < 4.78 is 5.52. The van der Waals surface area contributed by atoms with E-state index in [9.17, 15) is 19.8 Å². The smallest absolute Gasteiger partial charge is 0.305 e. The van der Waals surface area contributed by atoms with E-state index in [0.717, 1.165) is 44.9 Å². The molecule has 89 heavy (non-hydrogen) atoms. The van der Waals surface area contributed by atoms with Crippen LogP contribution in [0, 0.1) is 0 Å². The standard InChI is InChI=1S/C83H161NO5/c1-3-5-7-9-11-13-15-17-19-21-45-49-53-57-61-65-69-73-77-83(88)89-78-74-70-66-62-58-54-50-46-42-40-38-36-34-32-30-28-26-24-22-23-25-27-29-31-33-35-37-39-41-44-48-52-56-60-64-68-72-76-82(87)84-80(79-85)81(86)75-71-67-63-59-55-51-47-43-20-18-16-14-12-10-8-6-4-2/h22,24,28,30,80-81,85-86H,3-21,23,25-27,29,31-79H2,1-2H3,(H,84,87)/b24-22-,30-28-. The molecule has 0 aliphatic heterocycles. The van der Waals surface area contributed by atoms with E-state index in [4.69, 9.17) is 4.74 Å². The topological polar surface area (TPSA) is 95.9 Å². The van der Waals surface area contributed by atoms with E-state index in [-0.39, 0.29) is 18.5 Å². The van der Waals surface area contributed by atoms with Gasteiger partial charge in [0.25, 0.3) is 0 Å². The molecule has 0 spiro atoms. The van der Waals surface area contributed by atoms with E-state index in [0.29, 0.717) is 25.9 Å². The SMILES string of the molecule is CCCCCCCCCCCCCCCCCCCCC(=O)OCCCCCCCCCCCCCCC/C=C\C/C=C\CCCCCCCCCCCCCCCCCCCC(=O)NC(CO)C(O)CCCCCCCCCCCCCCCCCCC. The first-order chi connectivity index (χ1) is 44.0. The fourth-order valence-electron chi connectivity index (χ4n) is 13.3. The lowest BCUT2D eigenvalue weighted by atomic mass is 10.0. The van der Waals surface area contributed by atoms with Crippen molar-refractivity contribution < 1.29 is 24.5 Å². The van der Waals surface area contributed by atoms with Gasteiger partial charge >= 0.3 is 5.97 Å². The molecule has 0 fully saturated rings. The van der Waals surface area contributed by atoms with Gasteiger partial charge in [-0.2, -0.15) is 0 Å². The Bertz CT molecular complexity index is 1400. The second-order valence-corrected chi connectivity index (χ2v) is 28.5. The molecule has 6 nitrogen and oxygen atoms in total. The fourth-order valence-corrected chi connectivity index (χ4v) is 13.3. The van der Waals surface area contributed by atoms with Crippen molar-refractivity contribution in [1.82, 2.24) is 5.32 Å². The maximum absolute atomic E-state index is 12.5. The Morgan fingerprint density at radius 2 is 0.562 bits per heavy atom. The largest absolute Gasteiger partial charge is 0.466 e. The average molecular weight is 1250 g/mol. The Labute approximate surface area is 558 Å². The van der Waals surface area contributed by atoms with Gasteiger partial charge in [0.05, 0.1) is 25.4 Å². The third-order valence-corrected chi connectivity index (χ3v) is 19.5. The van der Waals surface area contributed by atoms with E-state index in [1.165, 1.54) is 392 Å². The van der Waals surface area contributed by atoms with E-state index in [1.54, 1.807) is 0 Å². The van der Waals surface area contributed by atoms with Crippen molar-refractivity contribution >= 4 is 11.9 Å². The highest BCUT2D eigenvalue weighted by Gasteiger charge is 2.20. The Morgan fingerprint density at radius 3 is 0.854 bits per heavy atom. The molecular weight excluding hydrogens is 1090 g/mol. The van der Waals surface area contributed by atoms with Crippen LogP contribution in [0.3, 0.4) is 0 Å². The number of rotatable bonds is 78. The van der Waals surface area contributed by atoms with Gasteiger partial charge in [-0.15, -0.1) is 0 Å². The van der Waals surface area contributed by atoms with Gasteiger partial charge < -0.3 is 20.3 Å². The molecular formula is C83H161NO5. The Hall–Kier alpha value is -1.66. The molecule has 0 bridgehead atoms. The maximum atomic E-state index is 12.5. The molecule has 6 heteroatoms. The van der Waals surface area contributed by atoms with Gasteiger partial charge in [0, 0.05) is 12.8 Å². The molecule has 0 aromatic carbocycles. The maximum Gasteiger partial charge on any atom is 0.305 e. The van der Waals surface area contributed by atoms with Crippen LogP contribution in [0.5, 0.6) is 0 Å². The van der Waals surface area contributed by atoms with Gasteiger partial charge in [0.1, 0.15) is 0 Å². The second-order valence-electron chi connectivity index (χ2n) is 28.5. The number of esters is 1. The predicted molar refractivity (Wildman–Crippen MR) is 393 cm³/mol. The van der Waals surface area contributed by atoms with Crippen molar-refractivity contribution in [2.75, 3.05) is 13.2 Å². The highest BCUT2D eigenvalue weighted by Crippen LogP contribution is 2.20. The molecule has 0 aliphatic carbocycles. The molecule has 0 heterocycles. The lowest BCUT2D eigenvalue weighted by molar-refractivity contribution is -0.143. The molecule has 3 N–H and O–H groups in total. The Morgan fingerprint density at radius 1 is 0.315 bits per heavy atom. The highest BCUT2D eigenvalue weighted by atomic mass is 16.5. The van der Waals surface area contributed by atoms with Crippen molar-refractivity contribution in [3.8, 4) is 0 Å². The summed E-state index contributed by atoms with van der Waals surface area (Å²) in [6.45, 7) is 5.01. The van der Waals surface area contributed by atoms with Gasteiger partial charge in [0.2, 0.25) is 5.91 Å². The van der Waals surface area contributed by atoms with Crippen LogP contribution in [0.25, 0.3) is 0 Å². The summed E-state index contributed by atoms with van der Waals surface area (Å²) in [5.41, 5.74) is 0. The summed E-state index contributed by atoms with van der Waals surface area (Å²) in [7, 11) is 0.